The molecule has 7 nitrogen and oxygen atoms in total. The summed E-state index contributed by atoms with van der Waals surface area (Å²) in [4.78, 5) is 27.2. The van der Waals surface area contributed by atoms with Crippen LogP contribution in [0.25, 0.3) is 0 Å². The van der Waals surface area contributed by atoms with E-state index < -0.39 is 12.0 Å². The van der Waals surface area contributed by atoms with Crippen molar-refractivity contribution in [2.45, 2.75) is 32.7 Å². The lowest BCUT2D eigenvalue weighted by Crippen LogP contribution is -2.49. The summed E-state index contributed by atoms with van der Waals surface area (Å²) < 4.78 is 10.5. The van der Waals surface area contributed by atoms with Crippen molar-refractivity contribution in [3.05, 3.63) is 41.1 Å². The fourth-order valence-electron chi connectivity index (χ4n) is 3.71. The van der Waals surface area contributed by atoms with Crippen molar-refractivity contribution in [2.24, 2.45) is 5.92 Å². The number of nitrogens with zero attached hydrogens (tertiary/aromatic N) is 1. The molecule has 1 aromatic rings. The van der Waals surface area contributed by atoms with Crippen LogP contribution in [0, 0.1) is 5.92 Å². The van der Waals surface area contributed by atoms with Gasteiger partial charge in [0, 0.05) is 12.2 Å². The molecule has 0 radical (unpaired) electrons. The van der Waals surface area contributed by atoms with Gasteiger partial charge in [-0.1, -0.05) is 19.1 Å². The SMILES string of the molecule is CCOc1ccc(C2NC(=O)NC(CN3CCC(C)CC3)=C2C(=O)OC)cc1. The highest BCUT2D eigenvalue weighted by atomic mass is 16.5. The number of hydrogen-bond acceptors (Lipinski definition) is 5. The molecule has 1 fully saturated rings. The van der Waals surface area contributed by atoms with Crippen LogP contribution in [0.4, 0.5) is 4.79 Å². The van der Waals surface area contributed by atoms with Crippen LogP contribution in [-0.4, -0.2) is 50.3 Å². The number of urea groups is 1. The summed E-state index contributed by atoms with van der Waals surface area (Å²) >= 11 is 0. The topological polar surface area (TPSA) is 79.9 Å². The van der Waals surface area contributed by atoms with E-state index in [1.165, 1.54) is 7.11 Å². The number of esters is 1. The maximum Gasteiger partial charge on any atom is 0.338 e. The number of likely N-dealkylation sites (tertiary alicyclic amines) is 1. The van der Waals surface area contributed by atoms with Crippen molar-refractivity contribution in [3.63, 3.8) is 0 Å². The fraction of sp³-hybridized carbons (Fsp3) is 0.524. The number of carbonyl (C=O) groups excluding carboxylic acids is 2. The molecule has 0 saturated carbocycles. The highest BCUT2D eigenvalue weighted by Gasteiger charge is 2.34. The van der Waals surface area contributed by atoms with Gasteiger partial charge in [-0.2, -0.15) is 0 Å². The number of rotatable bonds is 6. The number of hydrogen-bond donors (Lipinski definition) is 2. The van der Waals surface area contributed by atoms with Crippen molar-refractivity contribution < 1.29 is 19.1 Å². The molecule has 0 aromatic heterocycles. The third kappa shape index (κ3) is 4.65. The number of methoxy groups -OCH3 is 1. The number of piperidine rings is 1. The largest absolute Gasteiger partial charge is 0.494 e. The van der Waals surface area contributed by atoms with E-state index in [1.54, 1.807) is 0 Å². The average Bonchev–Trinajstić information content (AvgIpc) is 2.69. The van der Waals surface area contributed by atoms with Gasteiger partial charge in [-0.15, -0.1) is 0 Å². The van der Waals surface area contributed by atoms with Crippen molar-refractivity contribution in [1.29, 1.82) is 0 Å². The van der Waals surface area contributed by atoms with Crippen molar-refractivity contribution >= 4 is 12.0 Å². The number of nitrogens with one attached hydrogen (secondary N) is 2. The second-order valence-electron chi connectivity index (χ2n) is 7.38. The molecular weight excluding hydrogens is 358 g/mol. The summed E-state index contributed by atoms with van der Waals surface area (Å²) in [6.45, 7) is 7.19. The normalized spacial score (nSPS) is 21.1. The molecule has 2 aliphatic rings. The van der Waals surface area contributed by atoms with Crippen LogP contribution in [0.15, 0.2) is 35.5 Å². The molecule has 28 heavy (non-hydrogen) atoms. The van der Waals surface area contributed by atoms with E-state index in [-0.39, 0.29) is 6.03 Å². The smallest absolute Gasteiger partial charge is 0.338 e. The Kier molecular flexibility index (Phi) is 6.57. The molecule has 7 heteroatoms. The molecule has 2 amide bonds. The number of ether oxygens (including phenoxy) is 2. The second kappa shape index (κ2) is 9.10. The van der Waals surface area contributed by atoms with E-state index in [1.807, 2.05) is 31.2 Å². The van der Waals surface area contributed by atoms with E-state index in [2.05, 4.69) is 22.5 Å². The van der Waals surface area contributed by atoms with Gasteiger partial charge in [0.15, 0.2) is 0 Å². The summed E-state index contributed by atoms with van der Waals surface area (Å²) in [7, 11) is 1.36. The predicted molar refractivity (Wildman–Crippen MR) is 106 cm³/mol. The maximum absolute atomic E-state index is 12.6. The van der Waals surface area contributed by atoms with Gasteiger partial charge in [0.05, 0.1) is 25.3 Å². The van der Waals surface area contributed by atoms with Gasteiger partial charge >= 0.3 is 12.0 Å². The number of benzene rings is 1. The van der Waals surface area contributed by atoms with Crippen molar-refractivity contribution in [1.82, 2.24) is 15.5 Å². The molecule has 152 valence electrons. The molecular formula is C21H29N3O4. The average molecular weight is 387 g/mol. The Labute approximate surface area is 166 Å². The quantitative estimate of drug-likeness (QED) is 0.734. The fourth-order valence-corrected chi connectivity index (χ4v) is 3.71. The summed E-state index contributed by atoms with van der Waals surface area (Å²) in [5, 5.41) is 5.69. The Morgan fingerprint density at radius 2 is 1.89 bits per heavy atom. The first-order chi connectivity index (χ1) is 13.5. The Balaban J connectivity index is 1.90. The lowest BCUT2D eigenvalue weighted by molar-refractivity contribution is -0.136. The predicted octanol–water partition coefficient (Wildman–Crippen LogP) is 2.60. The van der Waals surface area contributed by atoms with Gasteiger partial charge in [0.1, 0.15) is 5.75 Å². The standard InChI is InChI=1S/C21H29N3O4/c1-4-28-16-7-5-15(6-8-16)19-18(20(25)27-3)17(22-21(26)23-19)13-24-11-9-14(2)10-12-24/h5-8,14,19H,4,9-13H2,1-3H3,(H2,22,23,26). The third-order valence-corrected chi connectivity index (χ3v) is 5.34. The van der Waals surface area contributed by atoms with Crippen LogP contribution in [0.1, 0.15) is 38.3 Å². The minimum atomic E-state index is -0.560. The monoisotopic (exact) mass is 387 g/mol. The van der Waals surface area contributed by atoms with Crippen molar-refractivity contribution in [3.8, 4) is 5.75 Å². The molecule has 1 unspecified atom stereocenters. The Morgan fingerprint density at radius 3 is 2.50 bits per heavy atom. The third-order valence-electron chi connectivity index (χ3n) is 5.34. The first-order valence-corrected chi connectivity index (χ1v) is 9.85. The molecule has 2 aliphatic heterocycles. The van der Waals surface area contributed by atoms with Crippen molar-refractivity contribution in [2.75, 3.05) is 33.4 Å². The molecule has 0 spiro atoms. The van der Waals surface area contributed by atoms with Crippen LogP contribution >= 0.6 is 0 Å². The highest BCUT2D eigenvalue weighted by molar-refractivity contribution is 5.95. The van der Waals surface area contributed by atoms with E-state index in [4.69, 9.17) is 9.47 Å². The van der Waals surface area contributed by atoms with Gasteiger partial charge in [-0.05, 0) is 56.5 Å². The highest BCUT2D eigenvalue weighted by Crippen LogP contribution is 2.30. The van der Waals surface area contributed by atoms with Gasteiger partial charge in [-0.25, -0.2) is 9.59 Å². The first-order valence-electron chi connectivity index (χ1n) is 9.85. The molecule has 3 rings (SSSR count). The molecule has 1 atom stereocenters. The zero-order valence-electron chi connectivity index (χ0n) is 16.8. The van der Waals surface area contributed by atoms with Crippen LogP contribution in [0.2, 0.25) is 0 Å². The minimum Gasteiger partial charge on any atom is -0.494 e. The Hall–Kier alpha value is -2.54. The summed E-state index contributed by atoms with van der Waals surface area (Å²) in [5.41, 5.74) is 1.87. The second-order valence-corrected chi connectivity index (χ2v) is 7.38. The lowest BCUT2D eigenvalue weighted by Gasteiger charge is -2.34. The van der Waals surface area contributed by atoms with E-state index in [9.17, 15) is 9.59 Å². The molecule has 2 N–H and O–H groups in total. The first kappa shape index (κ1) is 20.2. The molecule has 1 aromatic carbocycles. The zero-order valence-corrected chi connectivity index (χ0v) is 16.8. The molecule has 2 heterocycles. The summed E-state index contributed by atoms with van der Waals surface area (Å²) in [5.74, 6) is 1.02. The number of amides is 2. The van der Waals surface area contributed by atoms with Gasteiger partial charge < -0.3 is 20.1 Å². The van der Waals surface area contributed by atoms with E-state index in [0.717, 1.165) is 37.2 Å². The van der Waals surface area contributed by atoms with E-state index in [0.29, 0.717) is 30.3 Å². The van der Waals surface area contributed by atoms with Gasteiger partial charge in [0.2, 0.25) is 0 Å². The van der Waals surface area contributed by atoms with Gasteiger partial charge in [0.25, 0.3) is 0 Å². The minimum absolute atomic E-state index is 0.313. The van der Waals surface area contributed by atoms with Gasteiger partial charge in [-0.3, -0.25) is 4.90 Å². The summed E-state index contributed by atoms with van der Waals surface area (Å²) in [6.07, 6.45) is 2.24. The number of carbonyl (C=O) groups is 2. The molecule has 1 saturated heterocycles. The van der Waals surface area contributed by atoms with E-state index >= 15 is 0 Å². The zero-order chi connectivity index (χ0) is 20.1. The Morgan fingerprint density at radius 1 is 1.21 bits per heavy atom. The maximum atomic E-state index is 12.6. The van der Waals surface area contributed by atoms with Crippen LogP contribution in [-0.2, 0) is 9.53 Å². The van der Waals surface area contributed by atoms with Crippen LogP contribution < -0.4 is 15.4 Å². The summed E-state index contributed by atoms with van der Waals surface area (Å²) in [6, 6.07) is 6.54. The van der Waals surface area contributed by atoms with Crippen LogP contribution in [0.3, 0.4) is 0 Å². The Bertz CT molecular complexity index is 737. The van der Waals surface area contributed by atoms with Crippen LogP contribution in [0.5, 0.6) is 5.75 Å². The molecule has 0 aliphatic carbocycles. The lowest BCUT2D eigenvalue weighted by atomic mass is 9.94. The molecule has 0 bridgehead atoms.